The summed E-state index contributed by atoms with van der Waals surface area (Å²) < 4.78 is 73.3. The SMILES string of the molecule is CC(C)(C1CCN(c2ccc(-c3cnc4[nH]cc(C(=O)c5c(F)ccc(NS(=O)(=O)N6CC[C@@H](F)C6)c5F)c4c3)cc2)CC1)N1CC2(CN(c3ccc4c(c3)CN(C3CCC(=O)NC3=O)C4=O)C2)C1. The van der Waals surface area contributed by atoms with Crippen LogP contribution in [0.4, 0.5) is 30.2 Å². The number of rotatable bonds is 11. The highest BCUT2D eigenvalue weighted by Crippen LogP contribution is 2.48. The topological polar surface area (TPSA) is 171 Å². The number of nitrogens with zero attached hydrogens (tertiary/aromatic N) is 6. The Kier molecular flexibility index (Phi) is 10.9. The third kappa shape index (κ3) is 7.91. The number of benzene rings is 3. The maximum Gasteiger partial charge on any atom is 0.301 e. The second-order valence-corrected chi connectivity index (χ2v) is 21.9. The largest absolute Gasteiger partial charge is 0.372 e. The fraction of sp³-hybridized carbons (Fsp3) is 0.420. The van der Waals surface area contributed by atoms with Crippen LogP contribution in [-0.4, -0.2) is 126 Å². The molecule has 0 bridgehead atoms. The first kappa shape index (κ1) is 45.2. The normalized spacial score (nSPS) is 22.3. The molecule has 0 aliphatic carbocycles. The van der Waals surface area contributed by atoms with Crippen LogP contribution in [0, 0.1) is 23.0 Å². The van der Waals surface area contributed by atoms with Crippen LogP contribution in [0.15, 0.2) is 73.1 Å². The lowest BCUT2D eigenvalue weighted by Crippen LogP contribution is -2.76. The Labute approximate surface area is 397 Å². The summed E-state index contributed by atoms with van der Waals surface area (Å²) in [5, 5.41) is 2.71. The van der Waals surface area contributed by atoms with Crippen molar-refractivity contribution in [1.29, 1.82) is 0 Å². The maximum absolute atomic E-state index is 15.8. The van der Waals surface area contributed by atoms with Crippen LogP contribution in [0.25, 0.3) is 22.2 Å². The number of halogens is 3. The smallest absolute Gasteiger partial charge is 0.301 e. The third-order valence-corrected chi connectivity index (χ3v) is 17.1. The Morgan fingerprint density at radius 2 is 1.61 bits per heavy atom. The van der Waals surface area contributed by atoms with E-state index in [-0.39, 0.29) is 54.3 Å². The van der Waals surface area contributed by atoms with Crippen LogP contribution in [0.5, 0.6) is 0 Å². The number of pyridine rings is 1. The quantitative estimate of drug-likeness (QED) is 0.105. The number of aromatic nitrogens is 2. The average Bonchev–Trinajstić information content (AvgIpc) is 4.03. The summed E-state index contributed by atoms with van der Waals surface area (Å²) >= 11 is 0. The second kappa shape index (κ2) is 16.7. The van der Waals surface area contributed by atoms with Gasteiger partial charge in [-0.05, 0) is 105 Å². The predicted octanol–water partition coefficient (Wildman–Crippen LogP) is 6.02. The zero-order chi connectivity index (χ0) is 48.1. The standard InChI is InChI=1S/C50H52F3N9O6S/c1-49(2,60-27-50(28-60)25-59(26-50)35-7-8-36-31(19-35)23-62(48(36)66)41-11-12-42(63)56-47(41)65)32-13-16-58(17-14-32)34-5-3-29(4-6-34)30-20-37-38(22-55-46(37)54-21-30)45(64)43-39(52)9-10-40(44(43)53)57-69(67,68)61-18-15-33(51)24-61/h3-10,19-22,32-33,41,57H,11-18,23-28H2,1-2H3,(H,54,55)(H,56,63,65)/t33-,41?/m1/s1. The zero-order valence-electron chi connectivity index (χ0n) is 38.2. The minimum absolute atomic E-state index is 0.00385. The maximum atomic E-state index is 15.8. The van der Waals surface area contributed by atoms with Crippen LogP contribution >= 0.6 is 0 Å². The molecule has 3 amide bonds. The minimum Gasteiger partial charge on any atom is -0.372 e. The van der Waals surface area contributed by atoms with Crippen LogP contribution < -0.4 is 19.8 Å². The summed E-state index contributed by atoms with van der Waals surface area (Å²) in [6, 6.07) is 16.9. The Morgan fingerprint density at radius 1 is 0.870 bits per heavy atom. The van der Waals surface area contributed by atoms with Crippen LogP contribution in [0.1, 0.15) is 77.8 Å². The number of carbonyl (C=O) groups is 4. The van der Waals surface area contributed by atoms with Gasteiger partial charge in [-0.25, -0.2) is 18.2 Å². The van der Waals surface area contributed by atoms with Crippen molar-refractivity contribution in [3.05, 3.63) is 107 Å². The fourth-order valence-electron chi connectivity index (χ4n) is 11.5. The number of imide groups is 1. The number of nitrogens with one attached hydrogen (secondary N) is 3. The molecular formula is C50H52F3N9O6S. The van der Waals surface area contributed by atoms with E-state index in [1.54, 1.807) is 17.2 Å². The van der Waals surface area contributed by atoms with E-state index >= 15 is 8.78 Å². The summed E-state index contributed by atoms with van der Waals surface area (Å²) in [5.74, 6) is -3.88. The molecule has 6 aliphatic heterocycles. The Morgan fingerprint density at radius 3 is 2.32 bits per heavy atom. The van der Waals surface area contributed by atoms with Gasteiger partial charge in [0, 0.05) is 122 Å². The van der Waals surface area contributed by atoms with Crippen molar-refractivity contribution < 1.29 is 40.8 Å². The van der Waals surface area contributed by atoms with Gasteiger partial charge in [-0.15, -0.1) is 0 Å². The van der Waals surface area contributed by atoms with Gasteiger partial charge in [-0.1, -0.05) is 12.1 Å². The number of piperidine rings is 2. The van der Waals surface area contributed by atoms with Gasteiger partial charge in [0.2, 0.25) is 17.6 Å². The summed E-state index contributed by atoms with van der Waals surface area (Å²) in [6.07, 6.45) is 4.31. The number of H-pyrrole nitrogens is 1. The molecule has 360 valence electrons. The molecule has 5 aromatic rings. The Bertz CT molecular complexity index is 3050. The lowest BCUT2D eigenvalue weighted by molar-refractivity contribution is -0.136. The molecule has 5 saturated heterocycles. The molecule has 5 fully saturated rings. The van der Waals surface area contributed by atoms with Gasteiger partial charge >= 0.3 is 10.2 Å². The first-order valence-corrected chi connectivity index (χ1v) is 25.0. The van der Waals surface area contributed by atoms with Crippen molar-refractivity contribution in [2.75, 3.05) is 66.9 Å². The van der Waals surface area contributed by atoms with Gasteiger partial charge in [0.1, 0.15) is 23.7 Å². The van der Waals surface area contributed by atoms with Crippen molar-refractivity contribution in [2.45, 2.75) is 70.2 Å². The molecule has 1 unspecified atom stereocenters. The average molecular weight is 964 g/mol. The van der Waals surface area contributed by atoms with Gasteiger partial charge in [0.15, 0.2) is 5.82 Å². The number of hydrogen-bond donors (Lipinski definition) is 3. The summed E-state index contributed by atoms with van der Waals surface area (Å²) in [7, 11) is -4.36. The zero-order valence-corrected chi connectivity index (χ0v) is 39.1. The van der Waals surface area contributed by atoms with E-state index in [0.717, 1.165) is 91.0 Å². The van der Waals surface area contributed by atoms with Gasteiger partial charge in [0.05, 0.1) is 11.3 Å². The molecule has 19 heteroatoms. The lowest BCUT2D eigenvalue weighted by atomic mass is 9.67. The molecule has 2 atom stereocenters. The predicted molar refractivity (Wildman–Crippen MR) is 253 cm³/mol. The monoisotopic (exact) mass is 963 g/mol. The number of fused-ring (bicyclic) bond motifs is 2. The highest BCUT2D eigenvalue weighted by Gasteiger charge is 2.56. The third-order valence-electron chi connectivity index (χ3n) is 15.6. The molecule has 11 rings (SSSR count). The van der Waals surface area contributed by atoms with E-state index in [9.17, 15) is 32.0 Å². The van der Waals surface area contributed by atoms with Crippen molar-refractivity contribution in [3.63, 3.8) is 0 Å². The summed E-state index contributed by atoms with van der Waals surface area (Å²) in [4.78, 5) is 67.6. The van der Waals surface area contributed by atoms with E-state index in [1.807, 2.05) is 29.0 Å². The summed E-state index contributed by atoms with van der Waals surface area (Å²) in [6.45, 7) is 10.5. The second-order valence-electron chi connectivity index (χ2n) is 20.2. The molecule has 6 aliphatic rings. The van der Waals surface area contributed by atoms with Crippen molar-refractivity contribution >= 4 is 61.8 Å². The number of amides is 3. The number of hydrogen-bond acceptors (Lipinski definition) is 10. The number of alkyl halides is 1. The van der Waals surface area contributed by atoms with Crippen molar-refractivity contribution in [3.8, 4) is 11.1 Å². The van der Waals surface area contributed by atoms with Crippen molar-refractivity contribution in [2.24, 2.45) is 11.3 Å². The number of ketones is 1. The number of aromatic amines is 1. The van der Waals surface area contributed by atoms with Gasteiger partial charge in [-0.3, -0.25) is 34.1 Å². The highest BCUT2D eigenvalue weighted by atomic mass is 32.2. The summed E-state index contributed by atoms with van der Waals surface area (Å²) in [5.41, 5.74) is 4.26. The van der Waals surface area contributed by atoms with E-state index < -0.39 is 57.0 Å². The molecular weight excluding hydrogens is 912 g/mol. The number of carbonyl (C=O) groups excluding carboxylic acids is 4. The first-order valence-electron chi connectivity index (χ1n) is 23.5. The van der Waals surface area contributed by atoms with Gasteiger partial charge in [0.25, 0.3) is 5.91 Å². The molecule has 1 spiro atoms. The van der Waals surface area contributed by atoms with Crippen LogP contribution in [-0.2, 0) is 26.3 Å². The molecule has 0 saturated carbocycles. The molecule has 3 aromatic carbocycles. The van der Waals surface area contributed by atoms with E-state index in [4.69, 9.17) is 0 Å². The molecule has 2 aromatic heterocycles. The van der Waals surface area contributed by atoms with E-state index in [2.05, 4.69) is 62.0 Å². The minimum atomic E-state index is -4.36. The van der Waals surface area contributed by atoms with E-state index in [0.29, 0.717) is 41.0 Å². The Balaban J connectivity index is 0.691. The van der Waals surface area contributed by atoms with Crippen LogP contribution in [0.3, 0.4) is 0 Å². The lowest BCUT2D eigenvalue weighted by Gasteiger charge is -2.66. The van der Waals surface area contributed by atoms with Crippen molar-refractivity contribution in [1.82, 2.24) is 29.4 Å². The number of likely N-dealkylation sites (tertiary alicyclic amines) is 1. The van der Waals surface area contributed by atoms with Gasteiger partial charge in [-0.2, -0.15) is 12.7 Å². The van der Waals surface area contributed by atoms with Gasteiger partial charge < -0.3 is 19.7 Å². The molecule has 8 heterocycles. The molecule has 3 N–H and O–H groups in total. The van der Waals surface area contributed by atoms with E-state index in [1.165, 1.54) is 6.20 Å². The Hall–Kier alpha value is -6.31. The number of anilines is 3. The van der Waals surface area contributed by atoms with Crippen LogP contribution in [0.2, 0.25) is 0 Å². The molecule has 0 radical (unpaired) electrons. The molecule has 69 heavy (non-hydrogen) atoms. The molecule has 15 nitrogen and oxygen atoms in total. The fourth-order valence-corrected chi connectivity index (χ4v) is 12.7. The highest BCUT2D eigenvalue weighted by molar-refractivity contribution is 7.90. The first-order chi connectivity index (χ1) is 33.0.